The molecule has 0 aromatic heterocycles. The fraction of sp³-hybridized carbons (Fsp3) is 1.00. The highest BCUT2D eigenvalue weighted by Gasteiger charge is 2.10. The van der Waals surface area contributed by atoms with Gasteiger partial charge in [-0.25, -0.2) is 0 Å². The van der Waals surface area contributed by atoms with Crippen molar-refractivity contribution in [2.45, 2.75) is 33.2 Å². The van der Waals surface area contributed by atoms with Crippen LogP contribution in [-0.2, 0) is 0 Å². The molecule has 68 valence electrons. The molecule has 0 amide bonds. The van der Waals surface area contributed by atoms with Crippen LogP contribution < -0.4 is 5.32 Å². The maximum Gasteiger partial charge on any atom is 0.0181 e. The van der Waals surface area contributed by atoms with E-state index in [0.717, 1.165) is 12.5 Å². The first-order chi connectivity index (χ1) is 5.22. The largest absolute Gasteiger partial charge is 0.313 e. The van der Waals surface area contributed by atoms with Crippen molar-refractivity contribution in [2.24, 2.45) is 5.92 Å². The number of rotatable bonds is 6. The fourth-order valence-corrected chi connectivity index (χ4v) is 1.86. The molecule has 0 rings (SSSR count). The molecule has 0 aromatic carbocycles. The van der Waals surface area contributed by atoms with Crippen LogP contribution in [0.5, 0.6) is 0 Å². The number of thioether (sulfide) groups is 1. The molecule has 0 saturated carbocycles. The summed E-state index contributed by atoms with van der Waals surface area (Å²) in [5.74, 6) is 1.99. The number of hydrogen-bond acceptors (Lipinski definition) is 2. The molecular formula is C9H21NS. The lowest BCUT2D eigenvalue weighted by molar-refractivity contribution is 0.434. The Morgan fingerprint density at radius 3 is 2.36 bits per heavy atom. The van der Waals surface area contributed by atoms with Crippen molar-refractivity contribution in [2.75, 3.05) is 18.6 Å². The summed E-state index contributed by atoms with van der Waals surface area (Å²) in [5, 5.41) is 3.55. The minimum Gasteiger partial charge on any atom is -0.313 e. The molecule has 0 saturated heterocycles. The Balaban J connectivity index is 3.51. The van der Waals surface area contributed by atoms with Gasteiger partial charge in [0.15, 0.2) is 0 Å². The molecule has 2 heteroatoms. The van der Waals surface area contributed by atoms with Crippen LogP contribution in [0.4, 0.5) is 0 Å². The summed E-state index contributed by atoms with van der Waals surface area (Å²) >= 11 is 1.93. The van der Waals surface area contributed by atoms with Crippen LogP contribution in [0.3, 0.4) is 0 Å². The molecule has 0 aliphatic carbocycles. The molecule has 0 aromatic rings. The van der Waals surface area contributed by atoms with E-state index in [0.29, 0.717) is 6.04 Å². The minimum absolute atomic E-state index is 0.699. The van der Waals surface area contributed by atoms with E-state index in [9.17, 15) is 0 Å². The van der Waals surface area contributed by atoms with Gasteiger partial charge in [-0.15, -0.1) is 0 Å². The summed E-state index contributed by atoms with van der Waals surface area (Å²) in [6.45, 7) is 7.93. The molecule has 0 spiro atoms. The Morgan fingerprint density at radius 1 is 1.36 bits per heavy atom. The average Bonchev–Trinajstić information content (AvgIpc) is 1.97. The second kappa shape index (κ2) is 6.99. The number of nitrogens with one attached hydrogen (secondary N) is 1. The summed E-state index contributed by atoms with van der Waals surface area (Å²) in [7, 11) is 0. The van der Waals surface area contributed by atoms with E-state index in [4.69, 9.17) is 0 Å². The Hall–Kier alpha value is 0.310. The zero-order chi connectivity index (χ0) is 8.69. The highest BCUT2D eigenvalue weighted by atomic mass is 32.2. The second-order valence-electron chi connectivity index (χ2n) is 3.26. The quantitative estimate of drug-likeness (QED) is 0.665. The van der Waals surface area contributed by atoms with E-state index in [1.807, 2.05) is 11.8 Å². The van der Waals surface area contributed by atoms with Crippen LogP contribution in [0.25, 0.3) is 0 Å². The maximum absolute atomic E-state index is 3.55. The normalized spacial score (nSPS) is 13.9. The lowest BCUT2D eigenvalue weighted by Crippen LogP contribution is -2.36. The maximum atomic E-state index is 3.55. The minimum atomic E-state index is 0.699. The SMILES string of the molecule is CCCNC(CSC)C(C)C. The number of hydrogen-bond donors (Lipinski definition) is 1. The third-order valence-corrected chi connectivity index (χ3v) is 2.50. The molecule has 1 unspecified atom stereocenters. The highest BCUT2D eigenvalue weighted by molar-refractivity contribution is 7.98. The van der Waals surface area contributed by atoms with Crippen molar-refractivity contribution < 1.29 is 0 Å². The summed E-state index contributed by atoms with van der Waals surface area (Å²) in [4.78, 5) is 0. The van der Waals surface area contributed by atoms with Crippen molar-refractivity contribution in [3.63, 3.8) is 0 Å². The molecule has 1 nitrogen and oxygen atoms in total. The predicted molar refractivity (Wildman–Crippen MR) is 55.3 cm³/mol. The van der Waals surface area contributed by atoms with E-state index in [1.54, 1.807) is 0 Å². The third-order valence-electron chi connectivity index (χ3n) is 1.81. The molecule has 1 N–H and O–H groups in total. The van der Waals surface area contributed by atoms with Gasteiger partial charge in [-0.05, 0) is 25.1 Å². The first-order valence-corrected chi connectivity index (χ1v) is 5.84. The van der Waals surface area contributed by atoms with E-state index in [-0.39, 0.29) is 0 Å². The van der Waals surface area contributed by atoms with Crippen molar-refractivity contribution in [3.8, 4) is 0 Å². The second-order valence-corrected chi connectivity index (χ2v) is 4.17. The first kappa shape index (κ1) is 11.3. The van der Waals surface area contributed by atoms with Gasteiger partial charge >= 0.3 is 0 Å². The Morgan fingerprint density at radius 2 is 2.00 bits per heavy atom. The van der Waals surface area contributed by atoms with Gasteiger partial charge in [0.05, 0.1) is 0 Å². The van der Waals surface area contributed by atoms with Crippen molar-refractivity contribution in [1.82, 2.24) is 5.32 Å². The van der Waals surface area contributed by atoms with Gasteiger partial charge in [0, 0.05) is 11.8 Å². The molecule has 0 aliphatic heterocycles. The van der Waals surface area contributed by atoms with Crippen LogP contribution in [0.1, 0.15) is 27.2 Å². The zero-order valence-electron chi connectivity index (χ0n) is 8.18. The molecule has 0 bridgehead atoms. The standard InChI is InChI=1S/C9H21NS/c1-5-6-10-9(7-11-4)8(2)3/h8-10H,5-7H2,1-4H3. The Labute approximate surface area is 75.3 Å². The van der Waals surface area contributed by atoms with Crippen molar-refractivity contribution in [1.29, 1.82) is 0 Å². The van der Waals surface area contributed by atoms with Gasteiger partial charge < -0.3 is 5.32 Å². The predicted octanol–water partition coefficient (Wildman–Crippen LogP) is 2.37. The molecule has 0 heterocycles. The third kappa shape index (κ3) is 5.57. The van der Waals surface area contributed by atoms with Crippen LogP contribution in [0.2, 0.25) is 0 Å². The van der Waals surface area contributed by atoms with Gasteiger partial charge in [0.1, 0.15) is 0 Å². The molecule has 0 aliphatic rings. The van der Waals surface area contributed by atoms with Crippen molar-refractivity contribution in [3.05, 3.63) is 0 Å². The van der Waals surface area contributed by atoms with E-state index < -0.39 is 0 Å². The summed E-state index contributed by atoms with van der Waals surface area (Å²) in [5.41, 5.74) is 0. The Kier molecular flexibility index (Phi) is 7.18. The van der Waals surface area contributed by atoms with Gasteiger partial charge in [-0.3, -0.25) is 0 Å². The van der Waals surface area contributed by atoms with Crippen LogP contribution >= 0.6 is 11.8 Å². The van der Waals surface area contributed by atoms with E-state index in [2.05, 4.69) is 32.3 Å². The lowest BCUT2D eigenvalue weighted by atomic mass is 10.1. The van der Waals surface area contributed by atoms with Gasteiger partial charge in [0.2, 0.25) is 0 Å². The first-order valence-electron chi connectivity index (χ1n) is 4.44. The van der Waals surface area contributed by atoms with E-state index >= 15 is 0 Å². The topological polar surface area (TPSA) is 12.0 Å². The highest BCUT2D eigenvalue weighted by Crippen LogP contribution is 2.07. The smallest absolute Gasteiger partial charge is 0.0181 e. The van der Waals surface area contributed by atoms with Crippen LogP contribution in [0.15, 0.2) is 0 Å². The molecule has 11 heavy (non-hydrogen) atoms. The molecule has 0 radical (unpaired) electrons. The monoisotopic (exact) mass is 175 g/mol. The van der Waals surface area contributed by atoms with E-state index in [1.165, 1.54) is 12.2 Å². The average molecular weight is 175 g/mol. The molecular weight excluding hydrogens is 154 g/mol. The van der Waals surface area contributed by atoms with Crippen molar-refractivity contribution >= 4 is 11.8 Å². The molecule has 0 fully saturated rings. The summed E-state index contributed by atoms with van der Waals surface area (Å²) in [6, 6.07) is 0.699. The van der Waals surface area contributed by atoms with Gasteiger partial charge in [-0.2, -0.15) is 11.8 Å². The fourth-order valence-electron chi connectivity index (χ4n) is 0.996. The summed E-state index contributed by atoms with van der Waals surface area (Å²) in [6.07, 6.45) is 3.40. The molecule has 1 atom stereocenters. The van der Waals surface area contributed by atoms with Gasteiger partial charge in [0.25, 0.3) is 0 Å². The zero-order valence-corrected chi connectivity index (χ0v) is 9.00. The van der Waals surface area contributed by atoms with Crippen LogP contribution in [-0.4, -0.2) is 24.6 Å². The Bertz CT molecular complexity index is 83.6. The summed E-state index contributed by atoms with van der Waals surface area (Å²) < 4.78 is 0. The van der Waals surface area contributed by atoms with Gasteiger partial charge in [-0.1, -0.05) is 20.8 Å². The van der Waals surface area contributed by atoms with Crippen LogP contribution in [0, 0.1) is 5.92 Å². The lowest BCUT2D eigenvalue weighted by Gasteiger charge is -2.20.